The number of rotatable bonds is 8. The van der Waals surface area contributed by atoms with Crippen molar-refractivity contribution >= 4 is 6.01 Å². The van der Waals surface area contributed by atoms with Crippen LogP contribution in [0.2, 0.25) is 0 Å². The van der Waals surface area contributed by atoms with Crippen molar-refractivity contribution in [2.45, 2.75) is 12.3 Å². The van der Waals surface area contributed by atoms with Crippen LogP contribution in [0.1, 0.15) is 22.9 Å². The Morgan fingerprint density at radius 2 is 1.43 bits per heavy atom. The Kier molecular flexibility index (Phi) is 5.88. The summed E-state index contributed by atoms with van der Waals surface area (Å²) in [7, 11) is 6.39. The van der Waals surface area contributed by atoms with Crippen LogP contribution in [0.15, 0.2) is 40.8 Å². The summed E-state index contributed by atoms with van der Waals surface area (Å²) >= 11 is 0. The molecule has 3 rings (SSSR count). The molecule has 0 amide bonds. The molecule has 3 aromatic rings. The van der Waals surface area contributed by atoms with E-state index in [1.165, 1.54) is 0 Å². The van der Waals surface area contributed by atoms with Crippen LogP contribution < -0.4 is 24.7 Å². The maximum absolute atomic E-state index is 5.65. The third kappa shape index (κ3) is 3.95. The van der Waals surface area contributed by atoms with Gasteiger partial charge in [0.05, 0.1) is 34.4 Å². The summed E-state index contributed by atoms with van der Waals surface area (Å²) in [5, 5.41) is 7.90. The van der Waals surface area contributed by atoms with E-state index in [1.54, 1.807) is 28.4 Å². The quantitative estimate of drug-likeness (QED) is 0.631. The van der Waals surface area contributed by atoms with Crippen LogP contribution in [-0.4, -0.2) is 38.6 Å². The Morgan fingerprint density at radius 3 is 2.00 bits per heavy atom. The van der Waals surface area contributed by atoms with Gasteiger partial charge in [0.25, 0.3) is 0 Å². The topological polar surface area (TPSA) is 102 Å². The van der Waals surface area contributed by atoms with E-state index in [9.17, 15) is 0 Å². The molecule has 0 bridgehead atoms. The first-order valence-electron chi connectivity index (χ1n) is 8.61. The van der Waals surface area contributed by atoms with Gasteiger partial charge in [-0.05, 0) is 41.8 Å². The highest BCUT2D eigenvalue weighted by atomic mass is 16.5. The molecule has 1 unspecified atom stereocenters. The number of nitrogen functional groups attached to an aromatic ring is 1. The van der Waals surface area contributed by atoms with Crippen LogP contribution in [0.4, 0.5) is 6.01 Å². The molecule has 0 aliphatic heterocycles. The Morgan fingerprint density at radius 1 is 0.821 bits per heavy atom. The lowest BCUT2D eigenvalue weighted by Gasteiger charge is -2.17. The first kappa shape index (κ1) is 19.3. The van der Waals surface area contributed by atoms with Gasteiger partial charge in [-0.2, -0.15) is 0 Å². The van der Waals surface area contributed by atoms with Crippen molar-refractivity contribution in [1.29, 1.82) is 0 Å². The summed E-state index contributed by atoms with van der Waals surface area (Å²) in [6.45, 7) is 0. The highest BCUT2D eigenvalue weighted by Crippen LogP contribution is 2.36. The second-order valence-electron chi connectivity index (χ2n) is 6.04. The summed E-state index contributed by atoms with van der Waals surface area (Å²) in [5.74, 6) is 2.75. The maximum atomic E-state index is 5.65. The minimum atomic E-state index is -0.234. The second-order valence-corrected chi connectivity index (χ2v) is 6.04. The smallest absolute Gasteiger partial charge is 0.312 e. The van der Waals surface area contributed by atoms with Gasteiger partial charge in [-0.25, -0.2) is 0 Å². The molecular formula is C20H23N3O5. The van der Waals surface area contributed by atoms with Crippen molar-refractivity contribution in [2.24, 2.45) is 0 Å². The molecule has 0 radical (unpaired) electrons. The van der Waals surface area contributed by atoms with Gasteiger partial charge in [0.15, 0.2) is 23.0 Å². The van der Waals surface area contributed by atoms with Gasteiger partial charge in [-0.15, -0.1) is 5.10 Å². The number of nitrogens with two attached hydrogens (primary N) is 1. The van der Waals surface area contributed by atoms with Gasteiger partial charge in [-0.1, -0.05) is 17.2 Å². The van der Waals surface area contributed by atoms with E-state index in [0.29, 0.717) is 35.3 Å². The van der Waals surface area contributed by atoms with Gasteiger partial charge < -0.3 is 29.1 Å². The van der Waals surface area contributed by atoms with Crippen molar-refractivity contribution < 1.29 is 23.4 Å². The van der Waals surface area contributed by atoms with Crippen LogP contribution in [0.25, 0.3) is 0 Å². The number of benzene rings is 2. The van der Waals surface area contributed by atoms with Gasteiger partial charge in [0.2, 0.25) is 5.89 Å². The molecule has 0 aliphatic carbocycles. The Balaban J connectivity index is 2.01. The van der Waals surface area contributed by atoms with Crippen LogP contribution in [0.5, 0.6) is 23.0 Å². The Labute approximate surface area is 163 Å². The van der Waals surface area contributed by atoms with Crippen molar-refractivity contribution in [3.63, 3.8) is 0 Å². The standard InChI is InChI=1S/C20H23N3O5/c1-24-15-7-5-12(10-17(15)26-3)9-14(19-22-23-20(21)28-19)13-6-8-16(25-2)18(11-13)27-4/h5-8,10-11,14H,9H2,1-4H3,(H2,21,23). The van der Waals surface area contributed by atoms with E-state index in [-0.39, 0.29) is 11.9 Å². The maximum Gasteiger partial charge on any atom is 0.312 e. The lowest BCUT2D eigenvalue weighted by molar-refractivity contribution is 0.353. The lowest BCUT2D eigenvalue weighted by atomic mass is 9.91. The highest BCUT2D eigenvalue weighted by Gasteiger charge is 2.23. The molecule has 8 heteroatoms. The molecular weight excluding hydrogens is 362 g/mol. The molecule has 8 nitrogen and oxygen atoms in total. The average molecular weight is 385 g/mol. The molecule has 1 heterocycles. The third-order valence-electron chi connectivity index (χ3n) is 4.45. The number of nitrogens with zero attached hydrogens (tertiary/aromatic N) is 2. The predicted octanol–water partition coefficient (Wildman–Crippen LogP) is 3.06. The second kappa shape index (κ2) is 8.51. The van der Waals surface area contributed by atoms with E-state index in [0.717, 1.165) is 11.1 Å². The molecule has 0 aliphatic rings. The summed E-state index contributed by atoms with van der Waals surface area (Å²) < 4.78 is 27.0. The van der Waals surface area contributed by atoms with Gasteiger partial charge >= 0.3 is 6.01 Å². The zero-order valence-electron chi connectivity index (χ0n) is 16.3. The fraction of sp³-hybridized carbons (Fsp3) is 0.300. The molecule has 0 fully saturated rings. The van der Waals surface area contributed by atoms with Gasteiger partial charge in [0, 0.05) is 0 Å². The van der Waals surface area contributed by atoms with Crippen LogP contribution in [0.3, 0.4) is 0 Å². The van der Waals surface area contributed by atoms with Crippen molar-refractivity contribution in [1.82, 2.24) is 10.2 Å². The van der Waals surface area contributed by atoms with Crippen molar-refractivity contribution in [3.05, 3.63) is 53.4 Å². The molecule has 1 aromatic heterocycles. The molecule has 0 saturated heterocycles. The first-order chi connectivity index (χ1) is 13.6. The number of anilines is 1. The fourth-order valence-electron chi connectivity index (χ4n) is 3.05. The first-order valence-corrected chi connectivity index (χ1v) is 8.61. The summed E-state index contributed by atoms with van der Waals surface area (Å²) in [6, 6.07) is 11.4. The van der Waals surface area contributed by atoms with E-state index in [4.69, 9.17) is 29.1 Å². The fourth-order valence-corrected chi connectivity index (χ4v) is 3.05. The molecule has 0 spiro atoms. The normalized spacial score (nSPS) is 11.7. The molecule has 148 valence electrons. The van der Waals surface area contributed by atoms with E-state index in [2.05, 4.69) is 10.2 Å². The minimum Gasteiger partial charge on any atom is -0.493 e. The van der Waals surface area contributed by atoms with Crippen LogP contribution in [-0.2, 0) is 6.42 Å². The number of ether oxygens (including phenoxy) is 4. The lowest BCUT2D eigenvalue weighted by Crippen LogP contribution is -2.07. The summed E-state index contributed by atoms with van der Waals surface area (Å²) in [5.41, 5.74) is 7.59. The Hall–Kier alpha value is -3.42. The number of hydrogen-bond donors (Lipinski definition) is 1. The Bertz CT molecular complexity index is 941. The van der Waals surface area contributed by atoms with E-state index in [1.807, 2.05) is 36.4 Å². The van der Waals surface area contributed by atoms with Gasteiger partial charge in [-0.3, -0.25) is 0 Å². The zero-order valence-corrected chi connectivity index (χ0v) is 16.3. The monoisotopic (exact) mass is 385 g/mol. The highest BCUT2D eigenvalue weighted by molar-refractivity contribution is 5.47. The average Bonchev–Trinajstić information content (AvgIpc) is 3.17. The number of aromatic nitrogens is 2. The largest absolute Gasteiger partial charge is 0.493 e. The third-order valence-corrected chi connectivity index (χ3v) is 4.45. The zero-order chi connectivity index (χ0) is 20.1. The van der Waals surface area contributed by atoms with Gasteiger partial charge in [0.1, 0.15) is 0 Å². The van der Waals surface area contributed by atoms with Crippen molar-refractivity contribution in [2.75, 3.05) is 34.2 Å². The number of methoxy groups -OCH3 is 4. The number of hydrogen-bond acceptors (Lipinski definition) is 8. The van der Waals surface area contributed by atoms with E-state index < -0.39 is 0 Å². The van der Waals surface area contributed by atoms with Crippen LogP contribution >= 0.6 is 0 Å². The predicted molar refractivity (Wildman–Crippen MR) is 103 cm³/mol. The van der Waals surface area contributed by atoms with Crippen molar-refractivity contribution in [3.8, 4) is 23.0 Å². The molecule has 0 saturated carbocycles. The summed E-state index contributed by atoms with van der Waals surface area (Å²) in [6.07, 6.45) is 0.581. The summed E-state index contributed by atoms with van der Waals surface area (Å²) in [4.78, 5) is 0. The minimum absolute atomic E-state index is 0.0211. The molecule has 1 atom stereocenters. The molecule has 28 heavy (non-hydrogen) atoms. The molecule has 2 aromatic carbocycles. The SMILES string of the molecule is COc1ccc(CC(c2ccc(OC)c(OC)c2)c2nnc(N)o2)cc1OC. The van der Waals surface area contributed by atoms with Crippen LogP contribution in [0, 0.1) is 0 Å². The molecule has 2 N–H and O–H groups in total. The van der Waals surface area contributed by atoms with E-state index >= 15 is 0 Å².